The fraction of sp³-hybridized carbons (Fsp3) is 0.200. The SMILES string of the molecule is CN(Cc1ccoc1)c1cc(N)nc(N)n1. The molecule has 2 aromatic heterocycles. The first-order valence-electron chi connectivity index (χ1n) is 4.77. The molecule has 6 nitrogen and oxygen atoms in total. The molecule has 2 aromatic rings. The van der Waals surface area contributed by atoms with E-state index in [0.717, 1.165) is 5.56 Å². The maximum Gasteiger partial charge on any atom is 0.223 e. The van der Waals surface area contributed by atoms with Gasteiger partial charge in [-0.15, -0.1) is 0 Å². The molecule has 16 heavy (non-hydrogen) atoms. The van der Waals surface area contributed by atoms with Gasteiger partial charge in [0.05, 0.1) is 12.5 Å². The lowest BCUT2D eigenvalue weighted by Crippen LogP contribution is -2.18. The summed E-state index contributed by atoms with van der Waals surface area (Å²) in [7, 11) is 1.90. The molecule has 4 N–H and O–H groups in total. The third-order valence-electron chi connectivity index (χ3n) is 2.14. The van der Waals surface area contributed by atoms with Crippen LogP contribution in [0.5, 0.6) is 0 Å². The van der Waals surface area contributed by atoms with Crippen molar-refractivity contribution in [2.24, 2.45) is 0 Å². The molecule has 0 fully saturated rings. The summed E-state index contributed by atoms with van der Waals surface area (Å²) < 4.78 is 4.99. The number of nitrogen functional groups attached to an aromatic ring is 2. The van der Waals surface area contributed by atoms with Crippen LogP contribution < -0.4 is 16.4 Å². The molecule has 0 radical (unpaired) electrons. The highest BCUT2D eigenvalue weighted by Crippen LogP contribution is 2.16. The van der Waals surface area contributed by atoms with Crippen LogP contribution in [0.25, 0.3) is 0 Å². The Hall–Kier alpha value is -2.24. The van der Waals surface area contributed by atoms with Crippen LogP contribution >= 0.6 is 0 Å². The molecule has 0 bridgehead atoms. The summed E-state index contributed by atoms with van der Waals surface area (Å²) >= 11 is 0. The van der Waals surface area contributed by atoms with E-state index in [1.165, 1.54) is 0 Å². The van der Waals surface area contributed by atoms with Crippen molar-refractivity contribution in [1.29, 1.82) is 0 Å². The zero-order valence-electron chi connectivity index (χ0n) is 8.92. The normalized spacial score (nSPS) is 10.3. The number of rotatable bonds is 3. The first-order valence-corrected chi connectivity index (χ1v) is 4.77. The molecule has 0 saturated carbocycles. The second-order valence-corrected chi connectivity index (χ2v) is 3.50. The number of aromatic nitrogens is 2. The lowest BCUT2D eigenvalue weighted by atomic mass is 10.3. The average molecular weight is 219 g/mol. The van der Waals surface area contributed by atoms with Crippen molar-refractivity contribution in [3.8, 4) is 0 Å². The van der Waals surface area contributed by atoms with E-state index < -0.39 is 0 Å². The summed E-state index contributed by atoms with van der Waals surface area (Å²) in [6.07, 6.45) is 3.32. The van der Waals surface area contributed by atoms with Gasteiger partial charge in [-0.05, 0) is 6.07 Å². The zero-order valence-corrected chi connectivity index (χ0v) is 8.92. The highest BCUT2D eigenvalue weighted by Gasteiger charge is 2.06. The van der Waals surface area contributed by atoms with Gasteiger partial charge in [0, 0.05) is 25.2 Å². The van der Waals surface area contributed by atoms with E-state index in [2.05, 4.69) is 9.97 Å². The van der Waals surface area contributed by atoms with Gasteiger partial charge in [-0.25, -0.2) is 0 Å². The van der Waals surface area contributed by atoms with Crippen LogP contribution in [-0.2, 0) is 6.54 Å². The van der Waals surface area contributed by atoms with E-state index in [-0.39, 0.29) is 5.95 Å². The Morgan fingerprint density at radius 2 is 2.19 bits per heavy atom. The first kappa shape index (κ1) is 10.3. The molecule has 0 aromatic carbocycles. The number of nitrogens with two attached hydrogens (primary N) is 2. The topological polar surface area (TPSA) is 94.2 Å². The van der Waals surface area contributed by atoms with E-state index in [0.29, 0.717) is 18.2 Å². The second-order valence-electron chi connectivity index (χ2n) is 3.50. The average Bonchev–Trinajstić information content (AvgIpc) is 2.68. The minimum absolute atomic E-state index is 0.175. The lowest BCUT2D eigenvalue weighted by molar-refractivity contribution is 0.563. The van der Waals surface area contributed by atoms with Crippen LogP contribution in [0.4, 0.5) is 17.6 Å². The number of hydrogen-bond acceptors (Lipinski definition) is 6. The van der Waals surface area contributed by atoms with Crippen LogP contribution in [0.2, 0.25) is 0 Å². The van der Waals surface area contributed by atoms with Gasteiger partial charge >= 0.3 is 0 Å². The van der Waals surface area contributed by atoms with Gasteiger partial charge in [0.2, 0.25) is 5.95 Å². The van der Waals surface area contributed by atoms with E-state index >= 15 is 0 Å². The van der Waals surface area contributed by atoms with Gasteiger partial charge in [-0.3, -0.25) is 0 Å². The van der Waals surface area contributed by atoms with Crippen LogP contribution in [0, 0.1) is 0 Å². The lowest BCUT2D eigenvalue weighted by Gasteiger charge is -2.17. The predicted octanol–water partition coefficient (Wildman–Crippen LogP) is 0.870. The third-order valence-corrected chi connectivity index (χ3v) is 2.14. The molecule has 0 aliphatic rings. The molecule has 6 heteroatoms. The standard InChI is InChI=1S/C10H13N5O/c1-15(5-7-2-3-16-6-7)9-4-8(11)13-10(12)14-9/h2-4,6H,5H2,1H3,(H4,11,12,13,14). The molecule has 0 amide bonds. The summed E-state index contributed by atoms with van der Waals surface area (Å²) in [4.78, 5) is 9.83. The third kappa shape index (κ3) is 2.22. The van der Waals surface area contributed by atoms with Gasteiger partial charge in [-0.1, -0.05) is 0 Å². The quantitative estimate of drug-likeness (QED) is 0.795. The molecule has 0 saturated heterocycles. The largest absolute Gasteiger partial charge is 0.472 e. The van der Waals surface area contributed by atoms with Crippen LogP contribution in [0.3, 0.4) is 0 Å². The molecule has 0 spiro atoms. The van der Waals surface area contributed by atoms with Gasteiger partial charge in [0.15, 0.2) is 0 Å². The molecule has 84 valence electrons. The minimum Gasteiger partial charge on any atom is -0.472 e. The molecule has 0 atom stereocenters. The number of hydrogen-bond donors (Lipinski definition) is 2. The van der Waals surface area contributed by atoms with Crippen LogP contribution in [-0.4, -0.2) is 17.0 Å². The van der Waals surface area contributed by atoms with Crippen molar-refractivity contribution in [2.45, 2.75) is 6.54 Å². The fourth-order valence-electron chi connectivity index (χ4n) is 1.40. The van der Waals surface area contributed by atoms with E-state index in [1.54, 1.807) is 18.6 Å². The number of nitrogens with zero attached hydrogens (tertiary/aromatic N) is 3. The summed E-state index contributed by atoms with van der Waals surface area (Å²) in [5.41, 5.74) is 12.2. The second kappa shape index (κ2) is 4.09. The Morgan fingerprint density at radius 1 is 1.38 bits per heavy atom. The maximum absolute atomic E-state index is 5.59. The summed E-state index contributed by atoms with van der Waals surface area (Å²) in [5, 5.41) is 0. The highest BCUT2D eigenvalue weighted by molar-refractivity contribution is 5.50. The number of anilines is 3. The Kier molecular flexibility index (Phi) is 2.63. The zero-order chi connectivity index (χ0) is 11.5. The highest BCUT2D eigenvalue weighted by atomic mass is 16.3. The molecule has 0 unspecified atom stereocenters. The van der Waals surface area contributed by atoms with E-state index in [1.807, 2.05) is 18.0 Å². The van der Waals surface area contributed by atoms with Gasteiger partial charge in [0.1, 0.15) is 11.6 Å². The molecular weight excluding hydrogens is 206 g/mol. The van der Waals surface area contributed by atoms with Crippen molar-refractivity contribution in [2.75, 3.05) is 23.4 Å². The molecule has 0 aliphatic heterocycles. The summed E-state index contributed by atoms with van der Waals surface area (Å²) in [6, 6.07) is 3.57. The minimum atomic E-state index is 0.175. The van der Waals surface area contributed by atoms with Gasteiger partial charge in [0.25, 0.3) is 0 Å². The van der Waals surface area contributed by atoms with Crippen molar-refractivity contribution in [3.63, 3.8) is 0 Å². The first-order chi connectivity index (χ1) is 7.65. The van der Waals surface area contributed by atoms with Crippen molar-refractivity contribution >= 4 is 17.6 Å². The van der Waals surface area contributed by atoms with Crippen molar-refractivity contribution in [3.05, 3.63) is 30.2 Å². The predicted molar refractivity (Wildman–Crippen MR) is 61.7 cm³/mol. The molecular formula is C10H13N5O. The molecule has 2 rings (SSSR count). The van der Waals surface area contributed by atoms with Crippen LogP contribution in [0.1, 0.15) is 5.56 Å². The Balaban J connectivity index is 2.17. The molecule has 0 aliphatic carbocycles. The Bertz CT molecular complexity index is 448. The Labute approximate surface area is 92.9 Å². The Morgan fingerprint density at radius 3 is 2.81 bits per heavy atom. The number of furan rings is 1. The molecule has 2 heterocycles. The van der Waals surface area contributed by atoms with Crippen LogP contribution in [0.15, 0.2) is 29.1 Å². The van der Waals surface area contributed by atoms with Crippen molar-refractivity contribution in [1.82, 2.24) is 9.97 Å². The van der Waals surface area contributed by atoms with Crippen molar-refractivity contribution < 1.29 is 4.42 Å². The monoisotopic (exact) mass is 219 g/mol. The summed E-state index contributed by atoms with van der Waals surface area (Å²) in [5.74, 6) is 1.22. The smallest absolute Gasteiger partial charge is 0.223 e. The summed E-state index contributed by atoms with van der Waals surface area (Å²) in [6.45, 7) is 0.673. The fourth-order valence-corrected chi connectivity index (χ4v) is 1.40. The van der Waals surface area contributed by atoms with Gasteiger partial charge in [-0.2, -0.15) is 9.97 Å². The maximum atomic E-state index is 5.59. The van der Waals surface area contributed by atoms with E-state index in [4.69, 9.17) is 15.9 Å². The van der Waals surface area contributed by atoms with Gasteiger partial charge < -0.3 is 20.8 Å². The van der Waals surface area contributed by atoms with E-state index in [9.17, 15) is 0 Å².